The largest absolute Gasteiger partial charge is 0.380 e. The van der Waals surface area contributed by atoms with E-state index in [0.717, 1.165) is 25.5 Å². The van der Waals surface area contributed by atoms with Crippen LogP contribution in [0.1, 0.15) is 19.7 Å². The number of hydrogen-bond donors (Lipinski definition) is 1. The highest BCUT2D eigenvalue weighted by Gasteiger charge is 2.02. The fourth-order valence-corrected chi connectivity index (χ4v) is 1.27. The zero-order valence-electron chi connectivity index (χ0n) is 9.16. The van der Waals surface area contributed by atoms with E-state index < -0.39 is 0 Å². The van der Waals surface area contributed by atoms with Crippen molar-refractivity contribution in [1.82, 2.24) is 14.9 Å². The minimum atomic E-state index is 0.250. The third-order valence-electron chi connectivity index (χ3n) is 2.26. The smallest absolute Gasteiger partial charge is 0.122 e. The van der Waals surface area contributed by atoms with E-state index in [-0.39, 0.29) is 6.10 Å². The summed E-state index contributed by atoms with van der Waals surface area (Å²) in [4.78, 5) is 4.27. The number of nitrogens with one attached hydrogen (secondary N) is 1. The third-order valence-corrected chi connectivity index (χ3v) is 2.26. The van der Waals surface area contributed by atoms with Crippen molar-refractivity contribution < 1.29 is 4.74 Å². The summed E-state index contributed by atoms with van der Waals surface area (Å²) in [6.07, 6.45) is 4.08. The molecule has 1 aromatic rings. The molecule has 1 atom stereocenters. The van der Waals surface area contributed by atoms with Crippen molar-refractivity contribution >= 4 is 0 Å². The molecule has 4 nitrogen and oxygen atoms in total. The van der Waals surface area contributed by atoms with Crippen LogP contribution < -0.4 is 5.32 Å². The van der Waals surface area contributed by atoms with Gasteiger partial charge in [0, 0.05) is 32.6 Å². The molecule has 1 rings (SSSR count). The average molecular weight is 197 g/mol. The van der Waals surface area contributed by atoms with Crippen LogP contribution in [0.25, 0.3) is 0 Å². The van der Waals surface area contributed by atoms with Gasteiger partial charge >= 0.3 is 0 Å². The van der Waals surface area contributed by atoms with Gasteiger partial charge in [0.25, 0.3) is 0 Å². The van der Waals surface area contributed by atoms with Gasteiger partial charge in [-0.2, -0.15) is 0 Å². The van der Waals surface area contributed by atoms with Crippen LogP contribution in [0.3, 0.4) is 0 Å². The molecule has 1 aromatic heterocycles. The summed E-state index contributed by atoms with van der Waals surface area (Å²) >= 11 is 0. The summed E-state index contributed by atoms with van der Waals surface area (Å²) in [5, 5.41) is 3.30. The number of ether oxygens (including phenoxy) is 1. The first kappa shape index (κ1) is 11.2. The second-order valence-corrected chi connectivity index (χ2v) is 3.31. The van der Waals surface area contributed by atoms with E-state index in [0.29, 0.717) is 0 Å². The second-order valence-electron chi connectivity index (χ2n) is 3.31. The molecule has 80 valence electrons. The predicted octanol–water partition coefficient (Wildman–Crippen LogP) is 1.03. The van der Waals surface area contributed by atoms with Crippen molar-refractivity contribution in [2.75, 3.05) is 13.7 Å². The Bertz CT molecular complexity index is 260. The lowest BCUT2D eigenvalue weighted by Crippen LogP contribution is -2.26. The van der Waals surface area contributed by atoms with Crippen LogP contribution >= 0.6 is 0 Å². The molecule has 1 heterocycles. The monoisotopic (exact) mass is 197 g/mol. The molecule has 0 spiro atoms. The van der Waals surface area contributed by atoms with Gasteiger partial charge in [-0.1, -0.05) is 0 Å². The summed E-state index contributed by atoms with van der Waals surface area (Å²) in [6, 6.07) is 0. The van der Waals surface area contributed by atoms with E-state index >= 15 is 0 Å². The first-order chi connectivity index (χ1) is 6.77. The van der Waals surface area contributed by atoms with E-state index in [9.17, 15) is 0 Å². The molecular weight excluding hydrogens is 178 g/mol. The zero-order valence-corrected chi connectivity index (χ0v) is 9.16. The molecule has 0 aromatic carbocycles. The zero-order chi connectivity index (χ0) is 10.4. The lowest BCUT2D eigenvalue weighted by atomic mass is 10.4. The molecule has 0 aliphatic carbocycles. The van der Waals surface area contributed by atoms with Crippen LogP contribution in [-0.4, -0.2) is 29.3 Å². The number of nitrogens with zero attached hydrogens (tertiary/aromatic N) is 2. The van der Waals surface area contributed by atoms with E-state index in [4.69, 9.17) is 4.74 Å². The molecular formula is C10H19N3O. The standard InChI is InChI=1S/C10H19N3O/c1-4-13-6-5-12-10(13)8-11-7-9(2)14-3/h5-6,9,11H,4,7-8H2,1-3H3. The molecule has 4 heteroatoms. The predicted molar refractivity (Wildman–Crippen MR) is 56.1 cm³/mol. The molecule has 0 fully saturated rings. The van der Waals surface area contributed by atoms with Crippen molar-refractivity contribution in [1.29, 1.82) is 0 Å². The molecule has 0 aliphatic rings. The summed E-state index contributed by atoms with van der Waals surface area (Å²) in [7, 11) is 1.72. The van der Waals surface area contributed by atoms with Gasteiger partial charge in [-0.05, 0) is 13.8 Å². The number of aryl methyl sites for hydroxylation is 1. The van der Waals surface area contributed by atoms with Crippen molar-refractivity contribution in [2.45, 2.75) is 33.0 Å². The number of hydrogen-bond acceptors (Lipinski definition) is 3. The number of methoxy groups -OCH3 is 1. The average Bonchev–Trinajstić information content (AvgIpc) is 2.65. The lowest BCUT2D eigenvalue weighted by molar-refractivity contribution is 0.116. The van der Waals surface area contributed by atoms with Crippen LogP contribution in [-0.2, 0) is 17.8 Å². The number of imidazole rings is 1. The molecule has 1 N–H and O–H groups in total. The first-order valence-electron chi connectivity index (χ1n) is 5.01. The molecule has 0 aliphatic heterocycles. The van der Waals surface area contributed by atoms with Gasteiger partial charge in [0.2, 0.25) is 0 Å². The van der Waals surface area contributed by atoms with E-state index in [1.165, 1.54) is 0 Å². The Balaban J connectivity index is 2.31. The number of aromatic nitrogens is 2. The van der Waals surface area contributed by atoms with E-state index in [1.54, 1.807) is 7.11 Å². The van der Waals surface area contributed by atoms with Gasteiger partial charge in [0.05, 0.1) is 12.6 Å². The fraction of sp³-hybridized carbons (Fsp3) is 0.700. The summed E-state index contributed by atoms with van der Waals surface area (Å²) in [5.41, 5.74) is 0. The summed E-state index contributed by atoms with van der Waals surface area (Å²) in [6.45, 7) is 6.78. The van der Waals surface area contributed by atoms with Gasteiger partial charge in [0.15, 0.2) is 0 Å². The normalized spacial score (nSPS) is 13.1. The molecule has 0 saturated carbocycles. The highest BCUT2D eigenvalue weighted by atomic mass is 16.5. The minimum Gasteiger partial charge on any atom is -0.380 e. The van der Waals surface area contributed by atoms with Gasteiger partial charge in [-0.3, -0.25) is 0 Å². The van der Waals surface area contributed by atoms with Crippen molar-refractivity contribution in [3.63, 3.8) is 0 Å². The third kappa shape index (κ3) is 3.12. The minimum absolute atomic E-state index is 0.250. The van der Waals surface area contributed by atoms with Gasteiger partial charge < -0.3 is 14.6 Å². The van der Waals surface area contributed by atoms with Crippen LogP contribution in [0.2, 0.25) is 0 Å². The van der Waals surface area contributed by atoms with Crippen LogP contribution in [0.15, 0.2) is 12.4 Å². The maximum atomic E-state index is 5.14. The molecule has 0 bridgehead atoms. The summed E-state index contributed by atoms with van der Waals surface area (Å²) < 4.78 is 7.27. The second kappa shape index (κ2) is 5.78. The highest BCUT2D eigenvalue weighted by Crippen LogP contribution is 1.96. The van der Waals surface area contributed by atoms with E-state index in [1.807, 2.05) is 19.3 Å². The Morgan fingerprint density at radius 2 is 2.43 bits per heavy atom. The Hall–Kier alpha value is -0.870. The van der Waals surface area contributed by atoms with Crippen LogP contribution in [0, 0.1) is 0 Å². The molecule has 0 saturated heterocycles. The SMILES string of the molecule is CCn1ccnc1CNCC(C)OC. The van der Waals surface area contributed by atoms with Crippen molar-refractivity contribution in [3.05, 3.63) is 18.2 Å². The molecule has 0 amide bonds. The van der Waals surface area contributed by atoms with E-state index in [2.05, 4.69) is 21.8 Å². The molecule has 0 radical (unpaired) electrons. The Morgan fingerprint density at radius 3 is 3.07 bits per heavy atom. The highest BCUT2D eigenvalue weighted by molar-refractivity contribution is 4.91. The molecule has 1 unspecified atom stereocenters. The fourth-order valence-electron chi connectivity index (χ4n) is 1.27. The Kier molecular flexibility index (Phi) is 4.62. The lowest BCUT2D eigenvalue weighted by Gasteiger charge is -2.10. The van der Waals surface area contributed by atoms with Crippen molar-refractivity contribution in [3.8, 4) is 0 Å². The number of rotatable bonds is 6. The van der Waals surface area contributed by atoms with Crippen molar-refractivity contribution in [2.24, 2.45) is 0 Å². The topological polar surface area (TPSA) is 39.1 Å². The molecule has 14 heavy (non-hydrogen) atoms. The Morgan fingerprint density at radius 1 is 1.64 bits per heavy atom. The van der Waals surface area contributed by atoms with Crippen LogP contribution in [0.5, 0.6) is 0 Å². The maximum Gasteiger partial charge on any atom is 0.122 e. The van der Waals surface area contributed by atoms with Crippen LogP contribution in [0.4, 0.5) is 0 Å². The van der Waals surface area contributed by atoms with Gasteiger partial charge in [-0.25, -0.2) is 4.98 Å². The van der Waals surface area contributed by atoms with Gasteiger partial charge in [-0.15, -0.1) is 0 Å². The quantitative estimate of drug-likeness (QED) is 0.740. The summed E-state index contributed by atoms with van der Waals surface area (Å²) in [5.74, 6) is 1.08. The first-order valence-corrected chi connectivity index (χ1v) is 5.01. The Labute approximate surface area is 85.3 Å². The maximum absolute atomic E-state index is 5.14. The van der Waals surface area contributed by atoms with Gasteiger partial charge in [0.1, 0.15) is 5.82 Å².